The normalized spacial score (nSPS) is 11.9. The quantitative estimate of drug-likeness (QED) is 0.654. The molecule has 2 aromatic heterocycles. The summed E-state index contributed by atoms with van der Waals surface area (Å²) >= 11 is 3.25. The van der Waals surface area contributed by atoms with Crippen LogP contribution in [-0.4, -0.2) is 24.9 Å². The Bertz CT molecular complexity index is 847. The van der Waals surface area contributed by atoms with E-state index >= 15 is 0 Å². The van der Waals surface area contributed by atoms with Crippen LogP contribution in [0.2, 0.25) is 0 Å². The number of benzene rings is 1. The number of nitrogens with zero attached hydrogens (tertiary/aromatic N) is 4. The van der Waals surface area contributed by atoms with Crippen molar-refractivity contribution in [3.05, 3.63) is 46.7 Å². The predicted molar refractivity (Wildman–Crippen MR) is 103 cm³/mol. The molecule has 2 heterocycles. The van der Waals surface area contributed by atoms with E-state index in [0.29, 0.717) is 5.82 Å². The Balaban J connectivity index is 1.73. The number of thiazole rings is 1. The average Bonchev–Trinajstić information content (AvgIpc) is 3.19. The zero-order chi connectivity index (χ0) is 18.0. The van der Waals surface area contributed by atoms with Crippen molar-refractivity contribution in [3.63, 3.8) is 0 Å². The molecule has 25 heavy (non-hydrogen) atoms. The predicted octanol–water partition coefficient (Wildman–Crippen LogP) is 4.25. The lowest BCUT2D eigenvalue weighted by Gasteiger charge is -2.17. The molecule has 0 aliphatic rings. The number of rotatable bonds is 6. The van der Waals surface area contributed by atoms with Crippen molar-refractivity contribution < 1.29 is 5.11 Å². The third kappa shape index (κ3) is 4.11. The zero-order valence-corrected chi connectivity index (χ0v) is 16.5. The monoisotopic (exact) mass is 374 g/mol. The van der Waals surface area contributed by atoms with Crippen molar-refractivity contribution >= 4 is 23.1 Å². The Morgan fingerprint density at radius 1 is 1.20 bits per heavy atom. The summed E-state index contributed by atoms with van der Waals surface area (Å²) in [6.45, 7) is 8.29. The number of hydrogen-bond donors (Lipinski definition) is 1. The molecule has 0 atom stereocenters. The number of hydrogen-bond acceptors (Lipinski definition) is 6. The van der Waals surface area contributed by atoms with Crippen LogP contribution < -0.4 is 0 Å². The van der Waals surface area contributed by atoms with Crippen molar-refractivity contribution in [1.29, 1.82) is 0 Å². The molecule has 3 aromatic rings. The van der Waals surface area contributed by atoms with E-state index in [0.717, 1.165) is 33.7 Å². The number of thioether (sulfide) groups is 1. The van der Waals surface area contributed by atoms with E-state index in [9.17, 15) is 5.11 Å². The molecule has 5 nitrogen and oxygen atoms in total. The van der Waals surface area contributed by atoms with E-state index < -0.39 is 5.60 Å². The third-order valence-corrected chi connectivity index (χ3v) is 5.72. The Hall–Kier alpha value is -1.70. The van der Waals surface area contributed by atoms with Gasteiger partial charge in [-0.25, -0.2) is 4.98 Å². The van der Waals surface area contributed by atoms with Gasteiger partial charge >= 0.3 is 0 Å². The summed E-state index contributed by atoms with van der Waals surface area (Å²) in [4.78, 5) is 4.73. The smallest absolute Gasteiger partial charge is 0.191 e. The first-order valence-electron chi connectivity index (χ1n) is 8.18. The highest BCUT2D eigenvalue weighted by atomic mass is 32.2. The first-order valence-corrected chi connectivity index (χ1v) is 10.1. The van der Waals surface area contributed by atoms with Crippen molar-refractivity contribution in [3.8, 4) is 10.6 Å². The molecule has 0 unspecified atom stereocenters. The summed E-state index contributed by atoms with van der Waals surface area (Å²) in [5, 5.41) is 22.5. The van der Waals surface area contributed by atoms with Crippen LogP contribution in [0.4, 0.5) is 0 Å². The SMILES string of the molecule is CCn1c(SCc2csc(-c3ccc(C)cc3)n2)nnc1C(C)(C)O. The van der Waals surface area contributed by atoms with E-state index in [4.69, 9.17) is 4.98 Å². The lowest BCUT2D eigenvalue weighted by atomic mass is 10.1. The van der Waals surface area contributed by atoms with Crippen LogP contribution in [-0.2, 0) is 17.9 Å². The zero-order valence-electron chi connectivity index (χ0n) is 14.9. The molecule has 0 saturated heterocycles. The molecule has 0 fully saturated rings. The molecule has 0 bridgehead atoms. The molecule has 1 aromatic carbocycles. The van der Waals surface area contributed by atoms with Crippen LogP contribution in [0.1, 0.15) is 37.9 Å². The van der Waals surface area contributed by atoms with Gasteiger partial charge in [-0.15, -0.1) is 21.5 Å². The summed E-state index contributed by atoms with van der Waals surface area (Å²) in [6.07, 6.45) is 0. The van der Waals surface area contributed by atoms with Gasteiger partial charge in [0.1, 0.15) is 10.6 Å². The molecule has 0 amide bonds. The summed E-state index contributed by atoms with van der Waals surface area (Å²) in [7, 11) is 0. The molecule has 0 spiro atoms. The summed E-state index contributed by atoms with van der Waals surface area (Å²) < 4.78 is 1.96. The highest BCUT2D eigenvalue weighted by molar-refractivity contribution is 7.98. The average molecular weight is 375 g/mol. The first kappa shape index (κ1) is 18.1. The Morgan fingerprint density at radius 2 is 1.92 bits per heavy atom. The lowest BCUT2D eigenvalue weighted by molar-refractivity contribution is 0.0639. The van der Waals surface area contributed by atoms with Gasteiger partial charge in [0.25, 0.3) is 0 Å². The van der Waals surface area contributed by atoms with Crippen molar-refractivity contribution in [2.24, 2.45) is 0 Å². The maximum Gasteiger partial charge on any atom is 0.191 e. The van der Waals surface area contributed by atoms with Crippen LogP contribution >= 0.6 is 23.1 Å². The molecule has 0 saturated carbocycles. The minimum Gasteiger partial charge on any atom is -0.382 e. The fraction of sp³-hybridized carbons (Fsp3) is 0.389. The van der Waals surface area contributed by atoms with Gasteiger partial charge in [0, 0.05) is 23.2 Å². The first-order chi connectivity index (χ1) is 11.9. The van der Waals surface area contributed by atoms with E-state index in [1.54, 1.807) is 36.9 Å². The van der Waals surface area contributed by atoms with E-state index in [2.05, 4.69) is 46.8 Å². The van der Waals surface area contributed by atoms with Gasteiger partial charge in [0.2, 0.25) is 0 Å². The van der Waals surface area contributed by atoms with Gasteiger partial charge < -0.3 is 9.67 Å². The Morgan fingerprint density at radius 3 is 2.56 bits per heavy atom. The van der Waals surface area contributed by atoms with Crippen molar-refractivity contribution in [2.45, 2.75) is 50.8 Å². The van der Waals surface area contributed by atoms with Gasteiger partial charge in [0.05, 0.1) is 5.69 Å². The molecular formula is C18H22N4OS2. The second-order valence-corrected chi connectivity index (χ2v) is 8.21. The van der Waals surface area contributed by atoms with Gasteiger partial charge in [-0.05, 0) is 27.7 Å². The van der Waals surface area contributed by atoms with Gasteiger partial charge in [-0.3, -0.25) is 0 Å². The Labute approximate surface area is 156 Å². The molecule has 0 aliphatic heterocycles. The molecule has 7 heteroatoms. The summed E-state index contributed by atoms with van der Waals surface area (Å²) in [5.41, 5.74) is 2.42. The second-order valence-electron chi connectivity index (χ2n) is 6.41. The molecule has 132 valence electrons. The van der Waals surface area contributed by atoms with E-state index in [1.807, 2.05) is 11.5 Å². The van der Waals surface area contributed by atoms with Crippen molar-refractivity contribution in [2.75, 3.05) is 0 Å². The van der Waals surface area contributed by atoms with Crippen LogP contribution in [0.3, 0.4) is 0 Å². The fourth-order valence-electron chi connectivity index (χ4n) is 2.47. The van der Waals surface area contributed by atoms with Gasteiger partial charge in [-0.1, -0.05) is 41.6 Å². The highest BCUT2D eigenvalue weighted by Crippen LogP contribution is 2.29. The summed E-state index contributed by atoms with van der Waals surface area (Å²) in [6, 6.07) is 8.42. The largest absolute Gasteiger partial charge is 0.382 e. The highest BCUT2D eigenvalue weighted by Gasteiger charge is 2.25. The number of aromatic nitrogens is 4. The minimum absolute atomic E-state index is 0.594. The molecule has 0 aliphatic carbocycles. The molecule has 3 rings (SSSR count). The number of aliphatic hydroxyl groups is 1. The van der Waals surface area contributed by atoms with Crippen LogP contribution in [0.15, 0.2) is 34.8 Å². The third-order valence-electron chi connectivity index (χ3n) is 3.78. The standard InChI is InChI=1S/C18H22N4OS2/c1-5-22-16(18(3,4)23)20-21-17(22)25-11-14-10-24-15(19-14)13-8-6-12(2)7-9-13/h6-10,23H,5,11H2,1-4H3. The van der Waals surface area contributed by atoms with E-state index in [-0.39, 0.29) is 0 Å². The second kappa shape index (κ2) is 7.27. The molecular weight excluding hydrogens is 352 g/mol. The van der Waals surface area contributed by atoms with Gasteiger partial charge in [-0.2, -0.15) is 0 Å². The maximum atomic E-state index is 10.2. The van der Waals surface area contributed by atoms with Crippen LogP contribution in [0.25, 0.3) is 10.6 Å². The minimum atomic E-state index is -0.999. The Kier molecular flexibility index (Phi) is 5.27. The molecule has 1 N–H and O–H groups in total. The topological polar surface area (TPSA) is 63.8 Å². The lowest BCUT2D eigenvalue weighted by Crippen LogP contribution is -2.22. The van der Waals surface area contributed by atoms with Crippen LogP contribution in [0, 0.1) is 6.92 Å². The fourth-order valence-corrected chi connectivity index (χ4v) is 4.30. The summed E-state index contributed by atoms with van der Waals surface area (Å²) in [5.74, 6) is 1.32. The molecule has 0 radical (unpaired) electrons. The van der Waals surface area contributed by atoms with Crippen molar-refractivity contribution in [1.82, 2.24) is 19.7 Å². The van der Waals surface area contributed by atoms with Crippen LogP contribution in [0.5, 0.6) is 0 Å². The maximum absolute atomic E-state index is 10.2. The van der Waals surface area contributed by atoms with E-state index in [1.165, 1.54) is 5.56 Å². The van der Waals surface area contributed by atoms with Gasteiger partial charge in [0.15, 0.2) is 11.0 Å². The number of aryl methyl sites for hydroxylation is 1.